The monoisotopic (exact) mass is 420 g/mol. The van der Waals surface area contributed by atoms with Crippen molar-refractivity contribution in [3.05, 3.63) is 69.4 Å². The molecular formula is C20H18Cl2N2O2S. The zero-order valence-electron chi connectivity index (χ0n) is 14.9. The number of hydrogen-bond donors (Lipinski definition) is 1. The predicted octanol–water partition coefficient (Wildman–Crippen LogP) is 6.14. The number of halogens is 2. The van der Waals surface area contributed by atoms with Crippen LogP contribution in [0.25, 0.3) is 11.3 Å². The normalized spacial score (nSPS) is 10.8. The van der Waals surface area contributed by atoms with Crippen molar-refractivity contribution in [1.29, 1.82) is 0 Å². The predicted molar refractivity (Wildman–Crippen MR) is 113 cm³/mol. The van der Waals surface area contributed by atoms with Crippen LogP contribution in [0.3, 0.4) is 0 Å². The zero-order chi connectivity index (χ0) is 19.4. The number of carbonyl (C=O) groups is 1. The van der Waals surface area contributed by atoms with E-state index in [1.807, 2.05) is 38.1 Å². The molecule has 0 aliphatic heterocycles. The van der Waals surface area contributed by atoms with Crippen LogP contribution in [-0.2, 0) is 10.5 Å². The van der Waals surface area contributed by atoms with E-state index in [0.29, 0.717) is 33.0 Å². The lowest BCUT2D eigenvalue weighted by atomic mass is 10.1. The van der Waals surface area contributed by atoms with E-state index in [1.165, 1.54) is 11.8 Å². The Labute approximate surface area is 172 Å². The summed E-state index contributed by atoms with van der Waals surface area (Å²) in [5, 5.41) is 8.08. The van der Waals surface area contributed by atoms with Crippen molar-refractivity contribution in [3.63, 3.8) is 0 Å². The molecule has 7 heteroatoms. The summed E-state index contributed by atoms with van der Waals surface area (Å²) in [6, 6.07) is 12.9. The summed E-state index contributed by atoms with van der Waals surface area (Å²) in [5.41, 5.74) is 4.48. The summed E-state index contributed by atoms with van der Waals surface area (Å²) in [7, 11) is 0. The molecule has 0 saturated carbocycles. The average molecular weight is 421 g/mol. The van der Waals surface area contributed by atoms with Gasteiger partial charge < -0.3 is 9.84 Å². The number of benzene rings is 2. The van der Waals surface area contributed by atoms with E-state index in [2.05, 4.69) is 10.5 Å². The molecule has 4 nitrogen and oxygen atoms in total. The van der Waals surface area contributed by atoms with Crippen molar-refractivity contribution in [2.45, 2.75) is 19.6 Å². The Kier molecular flexibility index (Phi) is 6.47. The summed E-state index contributed by atoms with van der Waals surface area (Å²) in [6.45, 7) is 4.02. The van der Waals surface area contributed by atoms with Gasteiger partial charge in [-0.15, -0.1) is 11.8 Å². The maximum absolute atomic E-state index is 12.2. The Balaban J connectivity index is 1.54. The smallest absolute Gasteiger partial charge is 0.234 e. The molecule has 0 fully saturated rings. The first kappa shape index (κ1) is 19.8. The van der Waals surface area contributed by atoms with Crippen LogP contribution in [-0.4, -0.2) is 16.8 Å². The minimum absolute atomic E-state index is 0.0471. The fourth-order valence-corrected chi connectivity index (χ4v) is 3.72. The molecule has 1 heterocycles. The topological polar surface area (TPSA) is 55.1 Å². The number of hydrogen-bond acceptors (Lipinski definition) is 4. The van der Waals surface area contributed by atoms with Crippen LogP contribution in [0.4, 0.5) is 5.69 Å². The fourth-order valence-electron chi connectivity index (χ4n) is 2.52. The van der Waals surface area contributed by atoms with Gasteiger partial charge in [-0.25, -0.2) is 0 Å². The van der Waals surface area contributed by atoms with Gasteiger partial charge in [-0.2, -0.15) is 0 Å². The number of nitrogens with one attached hydrogen (secondary N) is 1. The molecule has 27 heavy (non-hydrogen) atoms. The van der Waals surface area contributed by atoms with Gasteiger partial charge in [0.2, 0.25) is 5.91 Å². The maximum atomic E-state index is 12.2. The van der Waals surface area contributed by atoms with Crippen LogP contribution in [0, 0.1) is 13.8 Å². The average Bonchev–Trinajstić information content (AvgIpc) is 3.07. The number of thioether (sulfide) groups is 1. The molecule has 0 radical (unpaired) electrons. The van der Waals surface area contributed by atoms with Gasteiger partial charge in [-0.1, -0.05) is 40.5 Å². The highest BCUT2D eigenvalue weighted by Gasteiger charge is 2.12. The van der Waals surface area contributed by atoms with Crippen molar-refractivity contribution in [3.8, 4) is 11.3 Å². The number of aromatic nitrogens is 1. The first-order valence-corrected chi connectivity index (χ1v) is 10.2. The molecule has 0 aliphatic carbocycles. The highest BCUT2D eigenvalue weighted by atomic mass is 35.5. The molecule has 1 N–H and O–H groups in total. The molecule has 140 valence electrons. The van der Waals surface area contributed by atoms with E-state index in [1.54, 1.807) is 18.2 Å². The largest absolute Gasteiger partial charge is 0.360 e. The second-order valence-corrected chi connectivity index (χ2v) is 7.92. The third-order valence-electron chi connectivity index (χ3n) is 4.12. The second-order valence-electron chi connectivity index (χ2n) is 6.09. The lowest BCUT2D eigenvalue weighted by Gasteiger charge is -2.09. The highest BCUT2D eigenvalue weighted by molar-refractivity contribution is 7.99. The van der Waals surface area contributed by atoms with Gasteiger partial charge in [0.25, 0.3) is 0 Å². The molecule has 0 saturated heterocycles. The minimum atomic E-state index is -0.0471. The van der Waals surface area contributed by atoms with E-state index in [9.17, 15) is 4.79 Å². The summed E-state index contributed by atoms with van der Waals surface area (Å²) < 4.78 is 5.35. The van der Waals surface area contributed by atoms with Gasteiger partial charge in [0, 0.05) is 22.3 Å². The molecule has 0 spiro atoms. The van der Waals surface area contributed by atoms with E-state index in [-0.39, 0.29) is 5.91 Å². The van der Waals surface area contributed by atoms with Gasteiger partial charge in [0.1, 0.15) is 11.5 Å². The molecule has 0 bridgehead atoms. The molecule has 0 unspecified atom stereocenters. The Morgan fingerprint density at radius 1 is 1.19 bits per heavy atom. The number of anilines is 1. The number of carbonyl (C=O) groups excluding carboxylic acids is 1. The van der Waals surface area contributed by atoms with Crippen LogP contribution in [0.2, 0.25) is 10.0 Å². The summed E-state index contributed by atoms with van der Waals surface area (Å²) in [6.07, 6.45) is 0. The minimum Gasteiger partial charge on any atom is -0.360 e. The lowest BCUT2D eigenvalue weighted by molar-refractivity contribution is -0.113. The summed E-state index contributed by atoms with van der Waals surface area (Å²) in [4.78, 5) is 12.2. The van der Waals surface area contributed by atoms with Crippen molar-refractivity contribution < 1.29 is 9.32 Å². The van der Waals surface area contributed by atoms with E-state index in [0.717, 1.165) is 22.4 Å². The Bertz CT molecular complexity index is 972. The van der Waals surface area contributed by atoms with Crippen molar-refractivity contribution in [2.75, 3.05) is 11.1 Å². The van der Waals surface area contributed by atoms with E-state index < -0.39 is 0 Å². The Morgan fingerprint density at radius 2 is 2.00 bits per heavy atom. The third-order valence-corrected chi connectivity index (χ3v) is 5.62. The molecule has 0 atom stereocenters. The van der Waals surface area contributed by atoms with Gasteiger partial charge >= 0.3 is 0 Å². The van der Waals surface area contributed by atoms with Crippen LogP contribution >= 0.6 is 35.0 Å². The Morgan fingerprint density at radius 3 is 2.78 bits per heavy atom. The molecule has 3 aromatic rings. The zero-order valence-corrected chi connectivity index (χ0v) is 17.2. The molecule has 3 rings (SSSR count). The van der Waals surface area contributed by atoms with Crippen LogP contribution in [0.5, 0.6) is 0 Å². The Hall–Kier alpha value is -1.95. The van der Waals surface area contributed by atoms with Crippen LogP contribution in [0.15, 0.2) is 47.0 Å². The molecule has 1 amide bonds. The fraction of sp³-hybridized carbons (Fsp3) is 0.200. The SMILES string of the molecule is Cc1cccc(NC(=O)CSCc2cc(-c3ccc(Cl)cc3Cl)no2)c1C. The molecule has 2 aromatic carbocycles. The van der Waals surface area contributed by atoms with Crippen molar-refractivity contribution >= 4 is 46.6 Å². The molecule has 0 aliphatic rings. The molecular weight excluding hydrogens is 403 g/mol. The first-order valence-electron chi connectivity index (χ1n) is 8.29. The number of aryl methyl sites for hydroxylation is 1. The van der Waals surface area contributed by atoms with Gasteiger partial charge in [-0.3, -0.25) is 4.79 Å². The standard InChI is InChI=1S/C20H18Cl2N2O2S/c1-12-4-3-5-18(13(12)2)23-20(25)11-27-10-15-9-19(24-26-15)16-7-6-14(21)8-17(16)22/h3-9H,10-11H2,1-2H3,(H,23,25). The van der Waals surface area contributed by atoms with E-state index in [4.69, 9.17) is 27.7 Å². The summed E-state index contributed by atoms with van der Waals surface area (Å²) in [5.74, 6) is 1.50. The third kappa shape index (κ3) is 5.06. The molecule has 1 aromatic heterocycles. The van der Waals surface area contributed by atoms with Gasteiger partial charge in [0.15, 0.2) is 0 Å². The van der Waals surface area contributed by atoms with Gasteiger partial charge in [0.05, 0.1) is 16.5 Å². The second kappa shape index (κ2) is 8.83. The van der Waals surface area contributed by atoms with E-state index >= 15 is 0 Å². The number of nitrogens with zero attached hydrogens (tertiary/aromatic N) is 1. The van der Waals surface area contributed by atoms with Crippen LogP contribution in [0.1, 0.15) is 16.9 Å². The van der Waals surface area contributed by atoms with Gasteiger partial charge in [-0.05, 0) is 49.2 Å². The quantitative estimate of drug-likeness (QED) is 0.520. The van der Waals surface area contributed by atoms with Crippen LogP contribution < -0.4 is 5.32 Å². The number of rotatable bonds is 6. The lowest BCUT2D eigenvalue weighted by Crippen LogP contribution is -2.15. The van der Waals surface area contributed by atoms with Crippen molar-refractivity contribution in [2.24, 2.45) is 0 Å². The van der Waals surface area contributed by atoms with Crippen molar-refractivity contribution in [1.82, 2.24) is 5.16 Å². The maximum Gasteiger partial charge on any atom is 0.234 e. The highest BCUT2D eigenvalue weighted by Crippen LogP contribution is 2.30. The number of amides is 1. The summed E-state index contributed by atoms with van der Waals surface area (Å²) >= 11 is 13.6. The first-order chi connectivity index (χ1) is 12.9.